The quantitative estimate of drug-likeness (QED) is 0.292. The van der Waals surface area contributed by atoms with Crippen molar-refractivity contribution < 1.29 is 4.79 Å². The highest BCUT2D eigenvalue weighted by atomic mass is 32.2. The van der Waals surface area contributed by atoms with E-state index in [9.17, 15) is 4.79 Å². The van der Waals surface area contributed by atoms with Gasteiger partial charge in [-0.15, -0.1) is 11.8 Å². The molecule has 4 aromatic rings. The van der Waals surface area contributed by atoms with E-state index in [0.717, 1.165) is 35.2 Å². The lowest BCUT2D eigenvalue weighted by Gasteiger charge is -2.03. The summed E-state index contributed by atoms with van der Waals surface area (Å²) >= 11 is 3.38. The maximum absolute atomic E-state index is 12.4. The van der Waals surface area contributed by atoms with Crippen molar-refractivity contribution in [2.75, 3.05) is 11.1 Å². The minimum atomic E-state index is 0.0471. The summed E-state index contributed by atoms with van der Waals surface area (Å²) in [6, 6.07) is 17.3. The number of thioether (sulfide) groups is 1. The number of carbonyl (C=O) groups excluding carboxylic acids is 1. The van der Waals surface area contributed by atoms with Gasteiger partial charge in [-0.2, -0.15) is 0 Å². The van der Waals surface area contributed by atoms with E-state index in [4.69, 9.17) is 4.98 Å². The molecule has 0 saturated heterocycles. The number of fused-ring (bicyclic) bond motifs is 2. The molecular formula is C24H22N2OS2. The molecule has 1 aliphatic rings. The van der Waals surface area contributed by atoms with Gasteiger partial charge in [-0.05, 0) is 66.7 Å². The first-order valence-corrected chi connectivity index (χ1v) is 11.8. The molecule has 1 heterocycles. The molecule has 0 fully saturated rings. The number of benzene rings is 3. The zero-order chi connectivity index (χ0) is 19.8. The van der Waals surface area contributed by atoms with Crippen molar-refractivity contribution in [1.29, 1.82) is 0 Å². The minimum absolute atomic E-state index is 0.0471. The molecule has 3 aromatic carbocycles. The van der Waals surface area contributed by atoms with E-state index in [1.165, 1.54) is 32.4 Å². The van der Waals surface area contributed by atoms with Crippen LogP contribution < -0.4 is 5.32 Å². The third-order valence-corrected chi connectivity index (χ3v) is 7.45. The maximum atomic E-state index is 12.4. The van der Waals surface area contributed by atoms with Gasteiger partial charge in [0.2, 0.25) is 5.91 Å². The van der Waals surface area contributed by atoms with Crippen molar-refractivity contribution in [3.05, 3.63) is 65.2 Å². The van der Waals surface area contributed by atoms with Crippen molar-refractivity contribution in [1.82, 2.24) is 4.98 Å². The molecular weight excluding hydrogens is 396 g/mol. The molecule has 0 bridgehead atoms. The van der Waals surface area contributed by atoms with Crippen molar-refractivity contribution in [2.45, 2.75) is 37.5 Å². The Hall–Kier alpha value is -2.37. The molecule has 3 nitrogen and oxygen atoms in total. The van der Waals surface area contributed by atoms with Crippen LogP contribution in [0.15, 0.2) is 53.4 Å². The fourth-order valence-electron chi connectivity index (χ4n) is 4.00. The van der Waals surface area contributed by atoms with Crippen LogP contribution in [0, 0.1) is 6.92 Å². The number of carbonyl (C=O) groups is 1. The summed E-state index contributed by atoms with van der Waals surface area (Å²) in [7, 11) is 0. The van der Waals surface area contributed by atoms with Gasteiger partial charge in [-0.3, -0.25) is 4.79 Å². The van der Waals surface area contributed by atoms with Crippen molar-refractivity contribution in [2.24, 2.45) is 0 Å². The fourth-order valence-corrected chi connectivity index (χ4v) is 5.81. The van der Waals surface area contributed by atoms with Gasteiger partial charge in [-0.1, -0.05) is 47.2 Å². The number of nitrogens with zero attached hydrogens (tertiary/aromatic N) is 1. The van der Waals surface area contributed by atoms with E-state index in [1.54, 1.807) is 23.1 Å². The predicted octanol–water partition coefficient (Wildman–Crippen LogP) is 6.37. The Kier molecular flexibility index (Phi) is 5.02. The van der Waals surface area contributed by atoms with Gasteiger partial charge in [0.25, 0.3) is 0 Å². The van der Waals surface area contributed by atoms with Crippen LogP contribution in [0.5, 0.6) is 0 Å². The molecule has 1 N–H and O–H groups in total. The summed E-state index contributed by atoms with van der Waals surface area (Å²) < 4.78 is 1.16. The van der Waals surface area contributed by atoms with Gasteiger partial charge in [-0.25, -0.2) is 4.98 Å². The van der Waals surface area contributed by atoms with Gasteiger partial charge >= 0.3 is 0 Å². The molecule has 29 heavy (non-hydrogen) atoms. The van der Waals surface area contributed by atoms with Crippen LogP contribution >= 0.6 is 23.1 Å². The molecule has 0 radical (unpaired) electrons. The monoisotopic (exact) mass is 418 g/mol. The van der Waals surface area contributed by atoms with Crippen LogP contribution in [0.25, 0.3) is 21.0 Å². The zero-order valence-electron chi connectivity index (χ0n) is 16.3. The molecule has 5 rings (SSSR count). The first-order chi connectivity index (χ1) is 14.2. The first kappa shape index (κ1) is 18.6. The van der Waals surface area contributed by atoms with E-state index in [-0.39, 0.29) is 5.91 Å². The lowest BCUT2D eigenvalue weighted by Crippen LogP contribution is -2.11. The highest BCUT2D eigenvalue weighted by Crippen LogP contribution is 2.39. The standard InChI is InChI=1S/C24H22N2OS2/c1-15-7-11-18(12-8-15)28-13-3-6-21(27)25-24-26-23-19-5-2-4-16-9-10-17(22(16)19)14-20(23)29-24/h2,4-5,7-8,11-12,14H,3,6,9-10,13H2,1H3,(H,25,26,27). The summed E-state index contributed by atoms with van der Waals surface area (Å²) in [4.78, 5) is 18.4. The number of rotatable bonds is 6. The molecule has 0 unspecified atom stereocenters. The van der Waals surface area contributed by atoms with Crippen LogP contribution in [0.4, 0.5) is 5.13 Å². The van der Waals surface area contributed by atoms with Crippen LogP contribution in [0.2, 0.25) is 0 Å². The van der Waals surface area contributed by atoms with Crippen molar-refractivity contribution in [3.63, 3.8) is 0 Å². The number of aryl methyl sites for hydroxylation is 3. The lowest BCUT2D eigenvalue weighted by atomic mass is 10.0. The fraction of sp³-hybridized carbons (Fsp3) is 0.250. The zero-order valence-corrected chi connectivity index (χ0v) is 18.0. The molecule has 0 aliphatic heterocycles. The molecule has 0 atom stereocenters. The van der Waals surface area contributed by atoms with Crippen molar-refractivity contribution in [3.8, 4) is 0 Å². The second-order valence-corrected chi connectivity index (χ2v) is 9.75. The Morgan fingerprint density at radius 1 is 1.14 bits per heavy atom. The van der Waals surface area contributed by atoms with E-state index in [0.29, 0.717) is 11.6 Å². The van der Waals surface area contributed by atoms with Gasteiger partial charge in [0.05, 0.1) is 10.2 Å². The second-order valence-electron chi connectivity index (χ2n) is 7.55. The third-order valence-electron chi connectivity index (χ3n) is 5.43. The molecule has 1 amide bonds. The Morgan fingerprint density at radius 2 is 1.97 bits per heavy atom. The lowest BCUT2D eigenvalue weighted by molar-refractivity contribution is -0.116. The van der Waals surface area contributed by atoms with Crippen molar-refractivity contribution >= 4 is 55.1 Å². The topological polar surface area (TPSA) is 42.0 Å². The molecule has 0 saturated carbocycles. The average molecular weight is 419 g/mol. The number of hydrogen-bond donors (Lipinski definition) is 1. The third kappa shape index (κ3) is 3.77. The van der Waals surface area contributed by atoms with Gasteiger partial charge in [0.1, 0.15) is 0 Å². The highest BCUT2D eigenvalue weighted by molar-refractivity contribution is 7.99. The average Bonchev–Trinajstić information content (AvgIpc) is 3.32. The minimum Gasteiger partial charge on any atom is -0.302 e. The Labute approximate surface area is 178 Å². The largest absolute Gasteiger partial charge is 0.302 e. The van der Waals surface area contributed by atoms with Gasteiger partial charge in [0.15, 0.2) is 5.13 Å². The molecule has 146 valence electrons. The highest BCUT2D eigenvalue weighted by Gasteiger charge is 2.18. The summed E-state index contributed by atoms with van der Waals surface area (Å²) in [6.07, 6.45) is 3.59. The molecule has 5 heteroatoms. The van der Waals surface area contributed by atoms with Crippen LogP contribution in [0.1, 0.15) is 29.5 Å². The Morgan fingerprint density at radius 3 is 2.83 bits per heavy atom. The number of nitrogens with one attached hydrogen (secondary N) is 1. The van der Waals surface area contributed by atoms with E-state index < -0.39 is 0 Å². The summed E-state index contributed by atoms with van der Waals surface area (Å²) in [5.41, 5.74) is 5.12. The Balaban J connectivity index is 1.23. The predicted molar refractivity (Wildman–Crippen MR) is 124 cm³/mol. The number of thiazole rings is 1. The molecule has 0 spiro atoms. The van der Waals surface area contributed by atoms with Crippen LogP contribution in [-0.4, -0.2) is 16.6 Å². The number of aromatic nitrogens is 1. The molecule has 1 aromatic heterocycles. The van der Waals surface area contributed by atoms with E-state index in [2.05, 4.69) is 60.8 Å². The normalized spacial score (nSPS) is 12.7. The number of anilines is 1. The maximum Gasteiger partial charge on any atom is 0.226 e. The second kappa shape index (κ2) is 7.81. The smallest absolute Gasteiger partial charge is 0.226 e. The summed E-state index contributed by atoms with van der Waals surface area (Å²) in [5, 5.41) is 6.32. The molecule has 1 aliphatic carbocycles. The number of amides is 1. The number of hydrogen-bond acceptors (Lipinski definition) is 4. The SMILES string of the molecule is Cc1ccc(SCCCC(=O)Nc2nc3c(cc4c5c(cccc53)CC4)s2)cc1. The van der Waals surface area contributed by atoms with Gasteiger partial charge < -0.3 is 5.32 Å². The van der Waals surface area contributed by atoms with Gasteiger partial charge in [0, 0.05) is 16.7 Å². The Bertz CT molecular complexity index is 1210. The summed E-state index contributed by atoms with van der Waals surface area (Å²) in [5.74, 6) is 0.985. The summed E-state index contributed by atoms with van der Waals surface area (Å²) in [6.45, 7) is 2.09. The van der Waals surface area contributed by atoms with E-state index in [1.807, 2.05) is 0 Å². The van der Waals surface area contributed by atoms with E-state index >= 15 is 0 Å². The first-order valence-electron chi connectivity index (χ1n) is 10.0. The van der Waals surface area contributed by atoms with Crippen LogP contribution in [-0.2, 0) is 17.6 Å². The van der Waals surface area contributed by atoms with Crippen LogP contribution in [0.3, 0.4) is 0 Å².